The number of hydrogen-bond acceptors (Lipinski definition) is 3. The number of amides is 1. The normalized spacial score (nSPS) is 26.8. The molecule has 0 radical (unpaired) electrons. The highest BCUT2D eigenvalue weighted by Crippen LogP contribution is 2.46. The third kappa shape index (κ3) is 2.23. The zero-order valence-corrected chi connectivity index (χ0v) is 10.1. The van der Waals surface area contributed by atoms with E-state index in [4.69, 9.17) is 10.5 Å². The zero-order chi connectivity index (χ0) is 11.6. The first-order chi connectivity index (χ1) is 7.72. The monoisotopic (exact) mass is 226 g/mol. The maximum atomic E-state index is 12.3. The molecule has 16 heavy (non-hydrogen) atoms. The topological polar surface area (TPSA) is 55.6 Å². The summed E-state index contributed by atoms with van der Waals surface area (Å²) in [6.07, 6.45) is 4.38. The van der Waals surface area contributed by atoms with Gasteiger partial charge in [0.25, 0.3) is 0 Å². The van der Waals surface area contributed by atoms with Crippen LogP contribution in [0.25, 0.3) is 0 Å². The summed E-state index contributed by atoms with van der Waals surface area (Å²) in [5, 5.41) is 0. The van der Waals surface area contributed by atoms with Crippen LogP contribution in [0.15, 0.2) is 0 Å². The molecule has 1 aliphatic carbocycles. The van der Waals surface area contributed by atoms with Crippen molar-refractivity contribution in [3.8, 4) is 0 Å². The first-order valence-electron chi connectivity index (χ1n) is 6.33. The fourth-order valence-electron chi connectivity index (χ4n) is 2.38. The number of ether oxygens (including phenoxy) is 1. The molecule has 0 aromatic rings. The van der Waals surface area contributed by atoms with E-state index in [2.05, 4.69) is 0 Å². The average molecular weight is 226 g/mol. The van der Waals surface area contributed by atoms with Gasteiger partial charge in [-0.2, -0.15) is 0 Å². The van der Waals surface area contributed by atoms with E-state index in [-0.39, 0.29) is 17.4 Å². The van der Waals surface area contributed by atoms with Crippen LogP contribution in [0.2, 0.25) is 0 Å². The van der Waals surface area contributed by atoms with Gasteiger partial charge in [0, 0.05) is 26.2 Å². The van der Waals surface area contributed by atoms with Crippen molar-refractivity contribution in [3.05, 3.63) is 0 Å². The van der Waals surface area contributed by atoms with Crippen LogP contribution in [-0.2, 0) is 9.53 Å². The number of hydrogen-bond donors (Lipinski definition) is 1. The summed E-state index contributed by atoms with van der Waals surface area (Å²) in [6, 6.07) is 0. The van der Waals surface area contributed by atoms with Gasteiger partial charge in [-0.05, 0) is 32.6 Å². The van der Waals surface area contributed by atoms with Gasteiger partial charge in [0.2, 0.25) is 5.91 Å². The molecule has 1 saturated heterocycles. The molecule has 0 bridgehead atoms. The molecule has 2 aliphatic rings. The van der Waals surface area contributed by atoms with Crippen molar-refractivity contribution >= 4 is 5.91 Å². The molecule has 0 aromatic heterocycles. The molecular weight excluding hydrogens is 204 g/mol. The lowest BCUT2D eigenvalue weighted by Crippen LogP contribution is -2.43. The molecule has 1 atom stereocenters. The molecule has 2 fully saturated rings. The van der Waals surface area contributed by atoms with Crippen LogP contribution >= 0.6 is 0 Å². The maximum Gasteiger partial charge on any atom is 0.230 e. The van der Waals surface area contributed by atoms with E-state index in [1.807, 2.05) is 11.8 Å². The second-order valence-electron chi connectivity index (χ2n) is 4.96. The van der Waals surface area contributed by atoms with Gasteiger partial charge in [-0.1, -0.05) is 0 Å². The van der Waals surface area contributed by atoms with Crippen molar-refractivity contribution in [2.45, 2.75) is 38.7 Å². The highest BCUT2D eigenvalue weighted by Gasteiger charge is 2.50. The van der Waals surface area contributed by atoms with Gasteiger partial charge in [-0.3, -0.25) is 4.79 Å². The second kappa shape index (κ2) is 4.72. The van der Waals surface area contributed by atoms with E-state index in [0.29, 0.717) is 6.54 Å². The van der Waals surface area contributed by atoms with Crippen molar-refractivity contribution < 1.29 is 9.53 Å². The number of nitrogens with two attached hydrogens (primary N) is 1. The van der Waals surface area contributed by atoms with Crippen LogP contribution in [0.5, 0.6) is 0 Å². The van der Waals surface area contributed by atoms with Crippen LogP contribution in [0, 0.1) is 5.41 Å². The molecule has 92 valence electrons. The number of likely N-dealkylation sites (N-methyl/N-ethyl adjacent to an activating group) is 1. The van der Waals surface area contributed by atoms with Gasteiger partial charge in [-0.15, -0.1) is 0 Å². The summed E-state index contributed by atoms with van der Waals surface area (Å²) in [5.41, 5.74) is 5.48. The number of nitrogens with zero attached hydrogens (tertiary/aromatic N) is 1. The molecular formula is C12H22N2O2. The van der Waals surface area contributed by atoms with Gasteiger partial charge < -0.3 is 15.4 Å². The quantitative estimate of drug-likeness (QED) is 0.752. The number of carbonyl (C=O) groups is 1. The van der Waals surface area contributed by atoms with Crippen molar-refractivity contribution in [2.24, 2.45) is 11.1 Å². The molecule has 0 spiro atoms. The van der Waals surface area contributed by atoms with E-state index >= 15 is 0 Å². The Morgan fingerprint density at radius 2 is 2.31 bits per heavy atom. The first kappa shape index (κ1) is 11.9. The summed E-state index contributed by atoms with van der Waals surface area (Å²) in [5.74, 6) is 0.244. The predicted molar refractivity (Wildman–Crippen MR) is 61.9 cm³/mol. The Kier molecular flexibility index (Phi) is 3.50. The molecule has 1 saturated carbocycles. The average Bonchev–Trinajstić information content (AvgIpc) is 2.95. The summed E-state index contributed by atoms with van der Waals surface area (Å²) < 4.78 is 5.58. The minimum Gasteiger partial charge on any atom is -0.376 e. The van der Waals surface area contributed by atoms with Gasteiger partial charge in [0.05, 0.1) is 11.5 Å². The lowest BCUT2D eigenvalue weighted by Gasteiger charge is -2.27. The molecule has 1 unspecified atom stereocenters. The fourth-order valence-corrected chi connectivity index (χ4v) is 2.38. The first-order valence-corrected chi connectivity index (χ1v) is 6.33. The molecule has 0 aromatic carbocycles. The lowest BCUT2D eigenvalue weighted by molar-refractivity contribution is -0.138. The minimum atomic E-state index is -0.214. The molecule has 1 aliphatic heterocycles. The van der Waals surface area contributed by atoms with Crippen LogP contribution in [-0.4, -0.2) is 43.2 Å². The molecule has 2 N–H and O–H groups in total. The molecule has 4 heteroatoms. The molecule has 1 amide bonds. The smallest absolute Gasteiger partial charge is 0.230 e. The Morgan fingerprint density at radius 3 is 2.75 bits per heavy atom. The maximum absolute atomic E-state index is 12.3. The Bertz CT molecular complexity index is 258. The van der Waals surface area contributed by atoms with Crippen molar-refractivity contribution in [2.75, 3.05) is 26.2 Å². The largest absolute Gasteiger partial charge is 0.376 e. The number of carbonyl (C=O) groups excluding carboxylic acids is 1. The van der Waals surface area contributed by atoms with Crippen molar-refractivity contribution in [1.82, 2.24) is 4.90 Å². The summed E-state index contributed by atoms with van der Waals surface area (Å²) in [4.78, 5) is 14.2. The summed E-state index contributed by atoms with van der Waals surface area (Å²) in [7, 11) is 0. The Labute approximate surface area is 97.1 Å². The standard InChI is InChI=1S/C12H22N2O2/c1-2-14(8-10-4-3-7-16-10)11(15)12(9-13)5-6-12/h10H,2-9,13H2,1H3. The zero-order valence-electron chi connectivity index (χ0n) is 10.1. The molecule has 4 nitrogen and oxygen atoms in total. The van der Waals surface area contributed by atoms with E-state index in [9.17, 15) is 4.79 Å². The Hall–Kier alpha value is -0.610. The highest BCUT2D eigenvalue weighted by molar-refractivity contribution is 5.85. The third-order valence-corrected chi connectivity index (χ3v) is 3.81. The summed E-state index contributed by atoms with van der Waals surface area (Å²) >= 11 is 0. The van der Waals surface area contributed by atoms with Gasteiger partial charge >= 0.3 is 0 Å². The number of rotatable bonds is 5. The van der Waals surface area contributed by atoms with Gasteiger partial charge in [0.1, 0.15) is 0 Å². The highest BCUT2D eigenvalue weighted by atomic mass is 16.5. The predicted octanol–water partition coefficient (Wildman–Crippen LogP) is 0.753. The van der Waals surface area contributed by atoms with Crippen LogP contribution in [0.4, 0.5) is 0 Å². The van der Waals surface area contributed by atoms with E-state index < -0.39 is 0 Å². The van der Waals surface area contributed by atoms with Crippen molar-refractivity contribution in [3.63, 3.8) is 0 Å². The SMILES string of the molecule is CCN(CC1CCCO1)C(=O)C1(CN)CC1. The third-order valence-electron chi connectivity index (χ3n) is 3.81. The van der Waals surface area contributed by atoms with Crippen molar-refractivity contribution in [1.29, 1.82) is 0 Å². The lowest BCUT2D eigenvalue weighted by atomic mass is 10.1. The molecule has 1 heterocycles. The second-order valence-corrected chi connectivity index (χ2v) is 4.96. The van der Waals surface area contributed by atoms with Crippen LogP contribution in [0.1, 0.15) is 32.6 Å². The van der Waals surface area contributed by atoms with Crippen LogP contribution < -0.4 is 5.73 Å². The van der Waals surface area contributed by atoms with E-state index in [1.54, 1.807) is 0 Å². The van der Waals surface area contributed by atoms with Gasteiger partial charge in [0.15, 0.2) is 0 Å². The van der Waals surface area contributed by atoms with E-state index in [1.165, 1.54) is 0 Å². The summed E-state index contributed by atoms with van der Waals surface area (Å²) in [6.45, 7) is 4.88. The Morgan fingerprint density at radius 1 is 1.56 bits per heavy atom. The van der Waals surface area contributed by atoms with Gasteiger partial charge in [-0.25, -0.2) is 0 Å². The van der Waals surface area contributed by atoms with Crippen LogP contribution in [0.3, 0.4) is 0 Å². The minimum absolute atomic E-state index is 0.214. The fraction of sp³-hybridized carbons (Fsp3) is 0.917. The molecule has 2 rings (SSSR count). The van der Waals surface area contributed by atoms with E-state index in [0.717, 1.165) is 45.4 Å². The Balaban J connectivity index is 1.91.